The van der Waals surface area contributed by atoms with Gasteiger partial charge in [0.25, 0.3) is 11.8 Å². The zero-order valence-electron chi connectivity index (χ0n) is 20.3. The first kappa shape index (κ1) is 23.5. The highest BCUT2D eigenvalue weighted by atomic mass is 16.7. The summed E-state index contributed by atoms with van der Waals surface area (Å²) in [6.07, 6.45) is 2.68. The van der Waals surface area contributed by atoms with Gasteiger partial charge < -0.3 is 18.9 Å². The summed E-state index contributed by atoms with van der Waals surface area (Å²) in [7, 11) is 0. The molecule has 0 spiro atoms. The predicted octanol–water partition coefficient (Wildman–Crippen LogP) is 5.33. The number of rotatable bonds is 8. The molecule has 36 heavy (non-hydrogen) atoms. The molecule has 2 aliphatic heterocycles. The van der Waals surface area contributed by atoms with Crippen LogP contribution in [0.25, 0.3) is 11.6 Å². The molecular weight excluding hydrogens is 458 g/mol. The Balaban J connectivity index is 1.52. The third kappa shape index (κ3) is 4.52. The molecule has 3 aromatic rings. The van der Waals surface area contributed by atoms with Gasteiger partial charge in [-0.2, -0.15) is 0 Å². The zero-order chi connectivity index (χ0) is 25.1. The molecule has 0 N–H and O–H groups in total. The van der Waals surface area contributed by atoms with Gasteiger partial charge in [-0.15, -0.1) is 0 Å². The number of ether oxygens (including phenoxy) is 4. The molecule has 5 rings (SSSR count). The number of imide groups is 1. The van der Waals surface area contributed by atoms with E-state index in [1.54, 1.807) is 36.4 Å². The van der Waals surface area contributed by atoms with E-state index in [0.29, 0.717) is 52.9 Å². The lowest BCUT2D eigenvalue weighted by atomic mass is 9.91. The minimum absolute atomic E-state index is 0.119. The van der Waals surface area contributed by atoms with Crippen LogP contribution in [-0.4, -0.2) is 36.7 Å². The van der Waals surface area contributed by atoms with Crippen LogP contribution in [0.4, 0.5) is 0 Å². The van der Waals surface area contributed by atoms with E-state index in [1.807, 2.05) is 44.2 Å². The monoisotopic (exact) mass is 485 g/mol. The van der Waals surface area contributed by atoms with Gasteiger partial charge >= 0.3 is 0 Å². The molecule has 0 saturated carbocycles. The molecule has 0 unspecified atom stereocenters. The fourth-order valence-electron chi connectivity index (χ4n) is 4.29. The number of hydrogen-bond donors (Lipinski definition) is 0. The molecule has 0 bridgehead atoms. The van der Waals surface area contributed by atoms with Gasteiger partial charge in [-0.3, -0.25) is 14.5 Å². The van der Waals surface area contributed by atoms with Crippen LogP contribution in [-0.2, 0) is 11.3 Å². The van der Waals surface area contributed by atoms with Gasteiger partial charge in [0.1, 0.15) is 0 Å². The van der Waals surface area contributed by atoms with Crippen molar-refractivity contribution in [1.82, 2.24) is 4.90 Å². The molecule has 2 amide bonds. The van der Waals surface area contributed by atoms with Gasteiger partial charge in [0.05, 0.1) is 19.8 Å². The third-order valence-electron chi connectivity index (χ3n) is 5.99. The highest BCUT2D eigenvalue weighted by Crippen LogP contribution is 2.36. The Morgan fingerprint density at radius 1 is 0.861 bits per heavy atom. The molecule has 7 heteroatoms. The normalized spacial score (nSPS) is 15.3. The van der Waals surface area contributed by atoms with E-state index in [4.69, 9.17) is 18.9 Å². The maximum Gasteiger partial charge on any atom is 0.261 e. The van der Waals surface area contributed by atoms with Crippen LogP contribution in [0, 0.1) is 0 Å². The Morgan fingerprint density at radius 3 is 2.47 bits per heavy atom. The molecule has 2 heterocycles. The van der Waals surface area contributed by atoms with Crippen molar-refractivity contribution in [2.24, 2.45) is 0 Å². The molecular formula is C29H27NO6. The van der Waals surface area contributed by atoms with Crippen LogP contribution in [0.2, 0.25) is 0 Å². The van der Waals surface area contributed by atoms with Crippen LogP contribution < -0.4 is 18.9 Å². The molecule has 184 valence electrons. The third-order valence-corrected chi connectivity index (χ3v) is 5.99. The second kappa shape index (κ2) is 10.2. The van der Waals surface area contributed by atoms with Crippen molar-refractivity contribution < 1.29 is 28.5 Å². The number of amides is 2. The van der Waals surface area contributed by atoms with E-state index < -0.39 is 0 Å². The Labute approximate surface area is 209 Å². The molecule has 0 atom stereocenters. The summed E-state index contributed by atoms with van der Waals surface area (Å²) in [6, 6.07) is 18.2. The molecule has 0 saturated heterocycles. The summed E-state index contributed by atoms with van der Waals surface area (Å²) in [4.78, 5) is 28.3. The molecule has 0 fully saturated rings. The highest BCUT2D eigenvalue weighted by molar-refractivity contribution is 6.33. The summed E-state index contributed by atoms with van der Waals surface area (Å²) in [5.41, 5.74) is 3.08. The molecule has 7 nitrogen and oxygen atoms in total. The smallest absolute Gasteiger partial charge is 0.261 e. The summed E-state index contributed by atoms with van der Waals surface area (Å²) < 4.78 is 22.4. The lowest BCUT2D eigenvalue weighted by Crippen LogP contribution is -2.41. The molecule has 2 aliphatic rings. The first-order valence-electron chi connectivity index (χ1n) is 12.0. The molecule has 0 radical (unpaired) electrons. The van der Waals surface area contributed by atoms with E-state index in [2.05, 4.69) is 0 Å². The van der Waals surface area contributed by atoms with Crippen molar-refractivity contribution in [3.05, 3.63) is 82.9 Å². The Hall–Kier alpha value is -4.26. The van der Waals surface area contributed by atoms with E-state index in [0.717, 1.165) is 17.5 Å². The molecule has 0 aliphatic carbocycles. The van der Waals surface area contributed by atoms with Crippen molar-refractivity contribution in [2.75, 3.05) is 20.0 Å². The van der Waals surface area contributed by atoms with Crippen molar-refractivity contribution >= 4 is 23.5 Å². The first-order valence-corrected chi connectivity index (χ1v) is 12.0. The minimum Gasteiger partial charge on any atom is -0.490 e. The fourth-order valence-corrected chi connectivity index (χ4v) is 4.29. The van der Waals surface area contributed by atoms with Gasteiger partial charge in [-0.05, 0) is 66.4 Å². The van der Waals surface area contributed by atoms with Crippen molar-refractivity contribution in [3.63, 3.8) is 0 Å². The lowest BCUT2D eigenvalue weighted by molar-refractivity contribution is -0.123. The topological polar surface area (TPSA) is 74.3 Å². The average Bonchev–Trinajstić information content (AvgIpc) is 3.37. The zero-order valence-corrected chi connectivity index (χ0v) is 20.3. The fraction of sp³-hybridized carbons (Fsp3) is 0.241. The van der Waals surface area contributed by atoms with Crippen LogP contribution in [0.1, 0.15) is 47.3 Å². The maximum absolute atomic E-state index is 13.7. The lowest BCUT2D eigenvalue weighted by Gasteiger charge is -2.29. The van der Waals surface area contributed by atoms with Gasteiger partial charge in [0.2, 0.25) is 6.79 Å². The second-order valence-corrected chi connectivity index (χ2v) is 8.48. The number of fused-ring (bicyclic) bond motifs is 2. The summed E-state index contributed by atoms with van der Waals surface area (Å²) in [5.74, 6) is 1.84. The number of hydrogen-bond acceptors (Lipinski definition) is 6. The highest BCUT2D eigenvalue weighted by Gasteiger charge is 2.35. The van der Waals surface area contributed by atoms with Gasteiger partial charge in [0, 0.05) is 11.1 Å². The summed E-state index contributed by atoms with van der Waals surface area (Å²) >= 11 is 0. The molecule has 3 aromatic carbocycles. The SMILES string of the molecule is CCCOc1ccc(C=C2C(=O)N(Cc3ccc4c(c3)OCO4)C(=O)c3ccccc32)cc1OCC. The van der Waals surface area contributed by atoms with Crippen LogP contribution in [0.15, 0.2) is 60.7 Å². The second-order valence-electron chi connectivity index (χ2n) is 8.48. The van der Waals surface area contributed by atoms with Crippen molar-refractivity contribution in [2.45, 2.75) is 26.8 Å². The number of benzene rings is 3. The number of carbonyl (C=O) groups excluding carboxylic acids is 2. The van der Waals surface area contributed by atoms with Gasteiger partial charge in [0.15, 0.2) is 23.0 Å². The summed E-state index contributed by atoms with van der Waals surface area (Å²) in [5, 5.41) is 0. The van der Waals surface area contributed by atoms with Gasteiger partial charge in [-0.25, -0.2) is 0 Å². The van der Waals surface area contributed by atoms with E-state index in [9.17, 15) is 9.59 Å². The summed E-state index contributed by atoms with van der Waals surface area (Å²) in [6.45, 7) is 5.31. The van der Waals surface area contributed by atoms with E-state index in [1.165, 1.54) is 4.90 Å². The van der Waals surface area contributed by atoms with Crippen molar-refractivity contribution in [3.8, 4) is 23.0 Å². The van der Waals surface area contributed by atoms with Gasteiger partial charge in [-0.1, -0.05) is 37.3 Å². The number of nitrogens with zero attached hydrogens (tertiary/aromatic N) is 1. The van der Waals surface area contributed by atoms with E-state index >= 15 is 0 Å². The van der Waals surface area contributed by atoms with Crippen LogP contribution >= 0.6 is 0 Å². The predicted molar refractivity (Wildman–Crippen MR) is 135 cm³/mol. The molecule has 0 aromatic heterocycles. The Bertz CT molecular complexity index is 1350. The minimum atomic E-state index is -0.361. The van der Waals surface area contributed by atoms with Crippen LogP contribution in [0.3, 0.4) is 0 Å². The Morgan fingerprint density at radius 2 is 1.67 bits per heavy atom. The Kier molecular flexibility index (Phi) is 6.62. The van der Waals surface area contributed by atoms with E-state index in [-0.39, 0.29) is 25.2 Å². The van der Waals surface area contributed by atoms with Crippen LogP contribution in [0.5, 0.6) is 23.0 Å². The quantitative estimate of drug-likeness (QED) is 0.317. The van der Waals surface area contributed by atoms with Crippen molar-refractivity contribution in [1.29, 1.82) is 0 Å². The first-order chi connectivity index (χ1) is 17.6. The number of carbonyl (C=O) groups is 2. The standard InChI is InChI=1S/C29H27NO6/c1-3-13-34-24-11-9-19(15-26(24)33-4-2)14-23-21-7-5-6-8-22(21)28(31)30(29(23)32)17-20-10-12-25-27(16-20)36-18-35-25/h5-12,14-16H,3-4,13,17-18H2,1-2H3. The largest absolute Gasteiger partial charge is 0.490 e. The average molecular weight is 486 g/mol. The maximum atomic E-state index is 13.7.